The van der Waals surface area contributed by atoms with E-state index in [4.69, 9.17) is 0 Å². The zero-order chi connectivity index (χ0) is 17.9. The van der Waals surface area contributed by atoms with Gasteiger partial charge in [-0.15, -0.1) is 0 Å². The molecule has 2 aromatic rings. The zero-order valence-corrected chi connectivity index (χ0v) is 13.0. The third-order valence-electron chi connectivity index (χ3n) is 3.37. The Kier molecular flexibility index (Phi) is 4.87. The van der Waals surface area contributed by atoms with Crippen molar-refractivity contribution < 1.29 is 14.6 Å². The van der Waals surface area contributed by atoms with E-state index in [-0.39, 0.29) is 42.7 Å². The van der Waals surface area contributed by atoms with E-state index >= 15 is 0 Å². The van der Waals surface area contributed by atoms with Crippen LogP contribution in [-0.4, -0.2) is 41.9 Å². The average Bonchev–Trinajstić information content (AvgIpc) is 3.04. The molecule has 0 aliphatic rings. The van der Waals surface area contributed by atoms with Crippen molar-refractivity contribution in [3.8, 4) is 0 Å². The number of nitrogens with one attached hydrogen (secondary N) is 1. The maximum absolute atomic E-state index is 11.9. The van der Waals surface area contributed by atoms with E-state index in [0.717, 1.165) is 6.20 Å². The highest BCUT2D eigenvalue weighted by Crippen LogP contribution is 2.15. The van der Waals surface area contributed by atoms with Crippen molar-refractivity contribution in [3.05, 3.63) is 43.9 Å². The Hall–Kier alpha value is -3.31. The number of nitro groups is 2. The van der Waals surface area contributed by atoms with Crippen LogP contribution in [0, 0.1) is 34.1 Å². The molecule has 0 saturated carbocycles. The topological polar surface area (TPSA) is 151 Å². The number of aryl methyl sites for hydroxylation is 1. The third kappa shape index (κ3) is 3.71. The molecule has 12 nitrogen and oxygen atoms in total. The van der Waals surface area contributed by atoms with Gasteiger partial charge in [-0.25, -0.2) is 0 Å². The van der Waals surface area contributed by atoms with Crippen molar-refractivity contribution in [3.63, 3.8) is 0 Å². The maximum atomic E-state index is 11.9. The third-order valence-corrected chi connectivity index (χ3v) is 3.37. The van der Waals surface area contributed by atoms with Gasteiger partial charge in [-0.1, -0.05) is 0 Å². The second kappa shape index (κ2) is 6.85. The largest absolute Gasteiger partial charge is 0.390 e. The summed E-state index contributed by atoms with van der Waals surface area (Å²) in [5.41, 5.74) is 0.741. The first-order chi connectivity index (χ1) is 11.3. The highest BCUT2D eigenvalue weighted by molar-refractivity contribution is 5.75. The van der Waals surface area contributed by atoms with Crippen LogP contribution in [0.1, 0.15) is 11.4 Å². The van der Waals surface area contributed by atoms with Crippen molar-refractivity contribution in [1.29, 1.82) is 0 Å². The van der Waals surface area contributed by atoms with Crippen molar-refractivity contribution >= 4 is 17.4 Å². The molecular formula is C12H15N7O5. The molecule has 0 aliphatic carbocycles. The Morgan fingerprint density at radius 3 is 2.50 bits per heavy atom. The Morgan fingerprint density at radius 2 is 1.96 bits per heavy atom. The molecule has 0 bridgehead atoms. The Labute approximate surface area is 135 Å². The number of aromatic nitrogens is 4. The van der Waals surface area contributed by atoms with E-state index in [2.05, 4.69) is 15.5 Å². The minimum atomic E-state index is -0.588. The lowest BCUT2D eigenvalue weighted by Crippen LogP contribution is -2.31. The first-order valence-electron chi connectivity index (χ1n) is 6.92. The molecule has 1 N–H and O–H groups in total. The average molecular weight is 337 g/mol. The van der Waals surface area contributed by atoms with Crippen LogP contribution in [0.25, 0.3) is 0 Å². The van der Waals surface area contributed by atoms with Gasteiger partial charge >= 0.3 is 11.5 Å². The summed E-state index contributed by atoms with van der Waals surface area (Å²) in [5.74, 6) is -0.631. The van der Waals surface area contributed by atoms with Crippen LogP contribution in [-0.2, 0) is 17.9 Å². The number of carbonyl (C=O) groups excluding carboxylic acids is 1. The molecule has 0 aliphatic heterocycles. The lowest BCUT2D eigenvalue weighted by Gasteiger charge is -2.06. The Morgan fingerprint density at radius 1 is 1.25 bits per heavy atom. The number of nitrogens with zero attached hydrogens (tertiary/aromatic N) is 6. The molecule has 0 fully saturated rings. The van der Waals surface area contributed by atoms with Gasteiger partial charge in [0.15, 0.2) is 0 Å². The molecule has 0 atom stereocenters. The number of hydrogen-bond donors (Lipinski definition) is 1. The second-order valence-corrected chi connectivity index (χ2v) is 5.00. The summed E-state index contributed by atoms with van der Waals surface area (Å²) >= 11 is 0. The SMILES string of the molecule is Cc1cc([N+](=O)[O-])nn1CCNC(=O)Cn1ncc([N+](=O)[O-])c1C. The van der Waals surface area contributed by atoms with Gasteiger partial charge in [-0.2, -0.15) is 9.78 Å². The minimum Gasteiger partial charge on any atom is -0.358 e. The fourth-order valence-electron chi connectivity index (χ4n) is 2.08. The van der Waals surface area contributed by atoms with Crippen LogP contribution in [0.3, 0.4) is 0 Å². The fraction of sp³-hybridized carbons (Fsp3) is 0.417. The van der Waals surface area contributed by atoms with Gasteiger partial charge in [0.1, 0.15) is 18.4 Å². The molecule has 12 heteroatoms. The van der Waals surface area contributed by atoms with Crippen LogP contribution in [0.5, 0.6) is 0 Å². The van der Waals surface area contributed by atoms with Gasteiger partial charge in [0.05, 0.1) is 28.3 Å². The molecule has 0 saturated heterocycles. The molecule has 1 amide bonds. The van der Waals surface area contributed by atoms with Gasteiger partial charge in [-0.05, 0) is 18.8 Å². The minimum absolute atomic E-state index is 0.151. The van der Waals surface area contributed by atoms with Gasteiger partial charge in [0.25, 0.3) is 0 Å². The van der Waals surface area contributed by atoms with Gasteiger partial charge in [-0.3, -0.25) is 19.6 Å². The second-order valence-electron chi connectivity index (χ2n) is 5.00. The molecule has 0 radical (unpaired) electrons. The van der Waals surface area contributed by atoms with Crippen molar-refractivity contribution in [1.82, 2.24) is 24.9 Å². The van der Waals surface area contributed by atoms with Crippen LogP contribution < -0.4 is 5.32 Å². The Bertz CT molecular complexity index is 794. The fourth-order valence-corrected chi connectivity index (χ4v) is 2.08. The summed E-state index contributed by atoms with van der Waals surface area (Å²) in [6, 6.07) is 1.34. The zero-order valence-electron chi connectivity index (χ0n) is 13.0. The summed E-state index contributed by atoms with van der Waals surface area (Å²) in [4.78, 5) is 32.1. The summed E-state index contributed by atoms with van der Waals surface area (Å²) in [6.45, 7) is 3.50. The van der Waals surface area contributed by atoms with Gasteiger partial charge in [0.2, 0.25) is 5.91 Å². The number of amides is 1. The lowest BCUT2D eigenvalue weighted by molar-refractivity contribution is -0.389. The van der Waals surface area contributed by atoms with E-state index in [9.17, 15) is 25.0 Å². The normalized spacial score (nSPS) is 10.6. The van der Waals surface area contributed by atoms with Crippen LogP contribution >= 0.6 is 0 Å². The molecule has 2 rings (SSSR count). The maximum Gasteiger partial charge on any atom is 0.390 e. The molecule has 2 aromatic heterocycles. The molecular weight excluding hydrogens is 322 g/mol. The van der Waals surface area contributed by atoms with E-state index < -0.39 is 9.85 Å². The predicted molar refractivity (Wildman–Crippen MR) is 80.2 cm³/mol. The van der Waals surface area contributed by atoms with Crippen LogP contribution in [0.4, 0.5) is 11.5 Å². The highest BCUT2D eigenvalue weighted by Gasteiger charge is 2.18. The van der Waals surface area contributed by atoms with Crippen molar-refractivity contribution in [2.75, 3.05) is 6.54 Å². The molecule has 2 heterocycles. The van der Waals surface area contributed by atoms with Gasteiger partial charge < -0.3 is 15.4 Å². The quantitative estimate of drug-likeness (QED) is 0.564. The van der Waals surface area contributed by atoms with E-state index in [0.29, 0.717) is 5.69 Å². The summed E-state index contributed by atoms with van der Waals surface area (Å²) in [6.07, 6.45) is 1.09. The molecule has 0 unspecified atom stereocenters. The van der Waals surface area contributed by atoms with E-state index in [1.165, 1.54) is 22.4 Å². The summed E-state index contributed by atoms with van der Waals surface area (Å²) in [7, 11) is 0. The van der Waals surface area contributed by atoms with E-state index in [1.54, 1.807) is 6.92 Å². The number of hydrogen-bond acceptors (Lipinski definition) is 7. The first kappa shape index (κ1) is 17.1. The highest BCUT2D eigenvalue weighted by atomic mass is 16.6. The van der Waals surface area contributed by atoms with Crippen molar-refractivity contribution in [2.24, 2.45) is 0 Å². The van der Waals surface area contributed by atoms with Crippen LogP contribution in [0.2, 0.25) is 0 Å². The monoisotopic (exact) mass is 337 g/mol. The molecule has 128 valence electrons. The predicted octanol–water partition coefficient (Wildman–Crippen LogP) is 0.329. The number of carbonyl (C=O) groups is 1. The smallest absolute Gasteiger partial charge is 0.358 e. The number of rotatable bonds is 7. The first-order valence-corrected chi connectivity index (χ1v) is 6.92. The summed E-state index contributed by atoms with van der Waals surface area (Å²) in [5, 5.41) is 31.6. The molecule has 0 aromatic carbocycles. The van der Waals surface area contributed by atoms with Crippen LogP contribution in [0.15, 0.2) is 12.3 Å². The molecule has 24 heavy (non-hydrogen) atoms. The Balaban J connectivity index is 1.88. The molecule has 0 spiro atoms. The summed E-state index contributed by atoms with van der Waals surface area (Å²) < 4.78 is 2.65. The van der Waals surface area contributed by atoms with E-state index in [1.807, 2.05) is 0 Å². The van der Waals surface area contributed by atoms with Crippen molar-refractivity contribution in [2.45, 2.75) is 26.9 Å². The lowest BCUT2D eigenvalue weighted by atomic mass is 10.4. The van der Waals surface area contributed by atoms with Gasteiger partial charge in [0, 0.05) is 6.54 Å². The standard InChI is InChI=1S/C12H15N7O5/c1-8-5-11(19(23)24)15-16(8)4-3-13-12(20)7-17-9(2)10(6-14-17)18(21)22/h5-6H,3-4,7H2,1-2H3,(H,13,20).